The largest absolute Gasteiger partial charge is 0.376 e. The number of nitrogens with one attached hydrogen (secondary N) is 1. The number of pyridine rings is 1. The number of piperidine rings is 1. The third kappa shape index (κ3) is 3.79. The van der Waals surface area contributed by atoms with E-state index in [-0.39, 0.29) is 5.82 Å². The Morgan fingerprint density at radius 1 is 1.32 bits per heavy atom. The van der Waals surface area contributed by atoms with Crippen molar-refractivity contribution in [1.82, 2.24) is 14.3 Å². The number of nitro groups is 1. The number of anilines is 1. The van der Waals surface area contributed by atoms with Gasteiger partial charge in [0.2, 0.25) is 5.82 Å². The maximum absolute atomic E-state index is 12.4. The Labute approximate surface area is 145 Å². The van der Waals surface area contributed by atoms with Gasteiger partial charge in [-0.15, -0.1) is 0 Å². The Bertz CT molecular complexity index is 825. The fourth-order valence-corrected chi connectivity index (χ4v) is 3.67. The quantitative estimate of drug-likeness (QED) is 0.658. The van der Waals surface area contributed by atoms with E-state index in [1.54, 1.807) is 18.2 Å². The molecule has 0 bridgehead atoms. The number of nitrogens with zero attached hydrogens (tertiary/aromatic N) is 4. The molecule has 134 valence electrons. The van der Waals surface area contributed by atoms with Gasteiger partial charge >= 0.3 is 11.2 Å². The molecule has 0 aromatic carbocycles. The first-order chi connectivity index (χ1) is 12.0. The second-order valence-corrected chi connectivity index (χ2v) is 6.93. The van der Waals surface area contributed by atoms with Crippen LogP contribution < -0.4 is 10.9 Å². The molecule has 2 atom stereocenters. The van der Waals surface area contributed by atoms with Gasteiger partial charge in [-0.1, -0.05) is 19.9 Å². The Kier molecular flexibility index (Phi) is 4.98. The van der Waals surface area contributed by atoms with Crippen molar-refractivity contribution in [2.24, 2.45) is 11.8 Å². The average Bonchev–Trinajstić information content (AvgIpc) is 2.53. The molecule has 25 heavy (non-hydrogen) atoms. The van der Waals surface area contributed by atoms with Crippen LogP contribution in [0.5, 0.6) is 0 Å². The number of rotatable bonds is 5. The summed E-state index contributed by atoms with van der Waals surface area (Å²) >= 11 is 0. The molecule has 0 unspecified atom stereocenters. The van der Waals surface area contributed by atoms with Crippen molar-refractivity contribution in [3.8, 4) is 0 Å². The smallest absolute Gasteiger partial charge is 0.363 e. The van der Waals surface area contributed by atoms with Crippen LogP contribution in [0.1, 0.15) is 20.3 Å². The van der Waals surface area contributed by atoms with Gasteiger partial charge in [0.15, 0.2) is 0 Å². The zero-order valence-corrected chi connectivity index (χ0v) is 14.5. The fraction of sp³-hybridized carbons (Fsp3) is 0.529. The number of hydrogen-bond donors (Lipinski definition) is 1. The topological polar surface area (TPSA) is 92.8 Å². The molecule has 0 spiro atoms. The van der Waals surface area contributed by atoms with Crippen molar-refractivity contribution in [3.05, 3.63) is 44.9 Å². The highest BCUT2D eigenvalue weighted by molar-refractivity contribution is 5.59. The standard InChI is InChI=1S/C17H23N5O3/c1-12-9-13(2)11-20(10-12)8-6-18-16-15(22(24)25)17(23)21-7-4-3-5-14(21)19-16/h3-5,7,12-13,18H,6,8-11H2,1-2H3/t12-,13+. The first-order valence-corrected chi connectivity index (χ1v) is 8.57. The third-order valence-corrected chi connectivity index (χ3v) is 4.56. The van der Waals surface area contributed by atoms with Crippen molar-refractivity contribution in [1.29, 1.82) is 0 Å². The van der Waals surface area contributed by atoms with Gasteiger partial charge in [0.1, 0.15) is 5.65 Å². The zero-order valence-electron chi connectivity index (χ0n) is 14.5. The molecule has 8 nitrogen and oxygen atoms in total. The molecule has 1 saturated heterocycles. The van der Waals surface area contributed by atoms with Crippen LogP contribution in [0.15, 0.2) is 29.2 Å². The summed E-state index contributed by atoms with van der Waals surface area (Å²) in [5.74, 6) is 1.35. The van der Waals surface area contributed by atoms with Crippen molar-refractivity contribution in [2.45, 2.75) is 20.3 Å². The van der Waals surface area contributed by atoms with Gasteiger partial charge in [0.25, 0.3) is 0 Å². The lowest BCUT2D eigenvalue weighted by Crippen LogP contribution is -2.41. The predicted molar refractivity (Wildman–Crippen MR) is 96.0 cm³/mol. The normalized spacial score (nSPS) is 21.4. The van der Waals surface area contributed by atoms with Gasteiger partial charge in [0, 0.05) is 32.4 Å². The Morgan fingerprint density at radius 3 is 2.72 bits per heavy atom. The van der Waals surface area contributed by atoms with E-state index in [1.165, 1.54) is 17.0 Å². The highest BCUT2D eigenvalue weighted by Crippen LogP contribution is 2.21. The van der Waals surface area contributed by atoms with E-state index in [2.05, 4.69) is 29.0 Å². The molecule has 1 N–H and O–H groups in total. The van der Waals surface area contributed by atoms with Gasteiger partial charge in [0.05, 0.1) is 4.92 Å². The monoisotopic (exact) mass is 345 g/mol. The van der Waals surface area contributed by atoms with Gasteiger partial charge in [-0.3, -0.25) is 19.3 Å². The SMILES string of the molecule is C[C@@H]1C[C@H](C)CN(CCNc2nc3ccccn3c(=O)c2[N+](=O)[O-])C1. The molecule has 1 aliphatic heterocycles. The summed E-state index contributed by atoms with van der Waals surface area (Å²) in [5.41, 5.74) is -0.789. The van der Waals surface area contributed by atoms with E-state index in [4.69, 9.17) is 0 Å². The van der Waals surface area contributed by atoms with Crippen LogP contribution in [0.4, 0.5) is 11.5 Å². The zero-order chi connectivity index (χ0) is 18.0. The summed E-state index contributed by atoms with van der Waals surface area (Å²) in [6.45, 7) is 7.82. The van der Waals surface area contributed by atoms with Crippen LogP contribution in [-0.4, -0.2) is 45.4 Å². The summed E-state index contributed by atoms with van der Waals surface area (Å²) in [6, 6.07) is 5.05. The molecule has 2 aromatic rings. The third-order valence-electron chi connectivity index (χ3n) is 4.56. The van der Waals surface area contributed by atoms with E-state index < -0.39 is 16.2 Å². The molecule has 0 amide bonds. The van der Waals surface area contributed by atoms with Crippen LogP contribution in [-0.2, 0) is 0 Å². The molecular weight excluding hydrogens is 322 g/mol. The number of likely N-dealkylation sites (tertiary alicyclic amines) is 1. The number of aromatic nitrogens is 2. The van der Waals surface area contributed by atoms with E-state index in [0.717, 1.165) is 19.6 Å². The molecule has 3 heterocycles. The van der Waals surface area contributed by atoms with Crippen molar-refractivity contribution in [3.63, 3.8) is 0 Å². The highest BCUT2D eigenvalue weighted by atomic mass is 16.6. The van der Waals surface area contributed by atoms with E-state index in [0.29, 0.717) is 24.0 Å². The minimum absolute atomic E-state index is 0.0410. The van der Waals surface area contributed by atoms with Crippen LogP contribution in [0, 0.1) is 22.0 Å². The average molecular weight is 345 g/mol. The van der Waals surface area contributed by atoms with Gasteiger partial charge in [-0.25, -0.2) is 4.98 Å². The van der Waals surface area contributed by atoms with E-state index in [1.807, 2.05) is 0 Å². The van der Waals surface area contributed by atoms with E-state index >= 15 is 0 Å². The van der Waals surface area contributed by atoms with Crippen LogP contribution in [0.3, 0.4) is 0 Å². The van der Waals surface area contributed by atoms with Crippen molar-refractivity contribution < 1.29 is 4.92 Å². The van der Waals surface area contributed by atoms with Gasteiger partial charge in [-0.2, -0.15) is 0 Å². The second-order valence-electron chi connectivity index (χ2n) is 6.93. The summed E-state index contributed by atoms with van der Waals surface area (Å²) < 4.78 is 1.19. The molecule has 8 heteroatoms. The number of hydrogen-bond acceptors (Lipinski definition) is 6. The maximum atomic E-state index is 12.4. The molecule has 1 aliphatic rings. The molecule has 0 aliphatic carbocycles. The maximum Gasteiger partial charge on any atom is 0.376 e. The molecule has 0 saturated carbocycles. The van der Waals surface area contributed by atoms with Crippen LogP contribution >= 0.6 is 0 Å². The van der Waals surface area contributed by atoms with Crippen molar-refractivity contribution >= 4 is 17.2 Å². The van der Waals surface area contributed by atoms with Crippen LogP contribution in [0.2, 0.25) is 0 Å². The van der Waals surface area contributed by atoms with Gasteiger partial charge < -0.3 is 10.2 Å². The summed E-state index contributed by atoms with van der Waals surface area (Å²) in [6.07, 6.45) is 2.72. The Hall–Kier alpha value is -2.48. The van der Waals surface area contributed by atoms with Crippen LogP contribution in [0.25, 0.3) is 5.65 Å². The minimum Gasteiger partial charge on any atom is -0.363 e. The fourth-order valence-electron chi connectivity index (χ4n) is 3.67. The Morgan fingerprint density at radius 2 is 2.04 bits per heavy atom. The molecule has 0 radical (unpaired) electrons. The lowest BCUT2D eigenvalue weighted by atomic mass is 9.92. The lowest BCUT2D eigenvalue weighted by Gasteiger charge is -2.34. The number of fused-ring (bicyclic) bond motifs is 1. The minimum atomic E-state index is -0.668. The second kappa shape index (κ2) is 7.18. The van der Waals surface area contributed by atoms with Gasteiger partial charge in [-0.05, 0) is 30.4 Å². The molecule has 1 fully saturated rings. The van der Waals surface area contributed by atoms with Crippen molar-refractivity contribution in [2.75, 3.05) is 31.5 Å². The first kappa shape index (κ1) is 17.3. The molecule has 2 aromatic heterocycles. The summed E-state index contributed by atoms with van der Waals surface area (Å²) in [7, 11) is 0. The first-order valence-electron chi connectivity index (χ1n) is 8.57. The summed E-state index contributed by atoms with van der Waals surface area (Å²) in [5, 5.41) is 14.3. The highest BCUT2D eigenvalue weighted by Gasteiger charge is 2.24. The predicted octanol–water partition coefficient (Wildman–Crippen LogP) is 1.99. The summed E-state index contributed by atoms with van der Waals surface area (Å²) in [4.78, 5) is 29.7. The molecule has 3 rings (SSSR count). The van der Waals surface area contributed by atoms with E-state index in [9.17, 15) is 14.9 Å². The molecular formula is C17H23N5O3. The lowest BCUT2D eigenvalue weighted by molar-refractivity contribution is -0.385. The Balaban J connectivity index is 1.78.